The molecule has 0 aliphatic heterocycles. The molecule has 9 heteroatoms. The average Bonchev–Trinajstić information content (AvgIpc) is 3.01. The largest absolute Gasteiger partial charge is 0.496 e. The Morgan fingerprint density at radius 1 is 1.27 bits per heavy atom. The van der Waals surface area contributed by atoms with E-state index in [1.165, 1.54) is 23.9 Å². The normalized spacial score (nSPS) is 10.5. The molecule has 0 bridgehead atoms. The van der Waals surface area contributed by atoms with Gasteiger partial charge in [-0.1, -0.05) is 18.2 Å². The van der Waals surface area contributed by atoms with Gasteiger partial charge in [-0.15, -0.1) is 5.10 Å². The van der Waals surface area contributed by atoms with Crippen molar-refractivity contribution in [3.63, 3.8) is 0 Å². The molecule has 1 aromatic carbocycles. The van der Waals surface area contributed by atoms with Gasteiger partial charge in [0.15, 0.2) is 5.65 Å². The van der Waals surface area contributed by atoms with Gasteiger partial charge in [0.1, 0.15) is 5.75 Å². The fraction of sp³-hybridized carbons (Fsp3) is 0.176. The summed E-state index contributed by atoms with van der Waals surface area (Å²) in [7, 11) is 1.51. The van der Waals surface area contributed by atoms with Crippen molar-refractivity contribution in [1.29, 1.82) is 0 Å². The number of nitrogens with one attached hydrogen (secondary N) is 1. The van der Waals surface area contributed by atoms with Crippen LogP contribution in [0.1, 0.15) is 17.3 Å². The van der Waals surface area contributed by atoms with Crippen LogP contribution in [-0.2, 0) is 4.74 Å². The number of carbonyl (C=O) groups excluding carboxylic acids is 1. The molecule has 0 radical (unpaired) electrons. The number of benzene rings is 1. The number of hydrogen-bond acceptors (Lipinski definition) is 6. The number of pyridine rings is 1. The van der Waals surface area contributed by atoms with Crippen LogP contribution in [0.4, 0.5) is 10.7 Å². The first kappa shape index (κ1) is 17.2. The molecule has 3 rings (SSSR count). The van der Waals surface area contributed by atoms with Crippen LogP contribution in [0.25, 0.3) is 16.8 Å². The van der Waals surface area contributed by atoms with E-state index in [9.17, 15) is 14.7 Å². The van der Waals surface area contributed by atoms with Gasteiger partial charge in [0.2, 0.25) is 0 Å². The Labute approximate surface area is 148 Å². The third-order valence-electron chi connectivity index (χ3n) is 3.59. The van der Waals surface area contributed by atoms with Gasteiger partial charge >= 0.3 is 12.1 Å². The summed E-state index contributed by atoms with van der Waals surface area (Å²) in [5.74, 6) is -0.576. The van der Waals surface area contributed by atoms with E-state index in [-0.39, 0.29) is 23.8 Å². The maximum absolute atomic E-state index is 11.7. The van der Waals surface area contributed by atoms with Crippen molar-refractivity contribution in [2.75, 3.05) is 19.0 Å². The number of aromatic nitrogens is 3. The van der Waals surface area contributed by atoms with Gasteiger partial charge in [-0.3, -0.25) is 5.32 Å². The molecule has 134 valence electrons. The zero-order valence-corrected chi connectivity index (χ0v) is 14.1. The Morgan fingerprint density at radius 3 is 2.73 bits per heavy atom. The first-order valence-corrected chi connectivity index (χ1v) is 7.74. The van der Waals surface area contributed by atoms with Crippen LogP contribution in [0.15, 0.2) is 36.5 Å². The molecular weight excluding hydrogens is 340 g/mol. The van der Waals surface area contributed by atoms with Crippen molar-refractivity contribution in [3.8, 4) is 16.9 Å². The molecular formula is C17H16N4O5. The van der Waals surface area contributed by atoms with Gasteiger partial charge in [-0.2, -0.15) is 4.98 Å². The van der Waals surface area contributed by atoms with Crippen molar-refractivity contribution in [2.24, 2.45) is 0 Å². The lowest BCUT2D eigenvalue weighted by atomic mass is 10.0. The molecule has 0 unspecified atom stereocenters. The molecule has 0 atom stereocenters. The van der Waals surface area contributed by atoms with Crippen LogP contribution < -0.4 is 10.1 Å². The number of amides is 1. The lowest BCUT2D eigenvalue weighted by Gasteiger charge is -2.11. The van der Waals surface area contributed by atoms with Crippen LogP contribution in [0.5, 0.6) is 5.75 Å². The summed E-state index contributed by atoms with van der Waals surface area (Å²) in [6.45, 7) is 1.88. The third kappa shape index (κ3) is 3.27. The van der Waals surface area contributed by atoms with Crippen LogP contribution in [0, 0.1) is 0 Å². The van der Waals surface area contributed by atoms with E-state index in [0.29, 0.717) is 16.9 Å². The lowest BCUT2D eigenvalue weighted by molar-refractivity contribution is 0.0697. The minimum absolute atomic E-state index is 0.0111. The lowest BCUT2D eigenvalue weighted by Crippen LogP contribution is -2.14. The van der Waals surface area contributed by atoms with Crippen molar-refractivity contribution in [1.82, 2.24) is 14.6 Å². The van der Waals surface area contributed by atoms with E-state index in [1.807, 2.05) is 0 Å². The fourth-order valence-electron chi connectivity index (χ4n) is 2.50. The summed E-state index contributed by atoms with van der Waals surface area (Å²) in [6.07, 6.45) is 0.840. The van der Waals surface area contributed by atoms with Gasteiger partial charge in [0.25, 0.3) is 5.95 Å². The summed E-state index contributed by atoms with van der Waals surface area (Å²) in [5, 5.41) is 16.1. The number of anilines is 1. The Balaban J connectivity index is 2.12. The van der Waals surface area contributed by atoms with Crippen LogP contribution in [0.2, 0.25) is 0 Å². The van der Waals surface area contributed by atoms with E-state index in [0.717, 1.165) is 0 Å². The number of carboxylic acid groups (broad SMARTS) is 1. The highest BCUT2D eigenvalue weighted by atomic mass is 16.5. The molecule has 26 heavy (non-hydrogen) atoms. The second-order valence-electron chi connectivity index (χ2n) is 5.19. The molecule has 0 aliphatic carbocycles. The Hall–Kier alpha value is -3.62. The quantitative estimate of drug-likeness (QED) is 0.722. The molecule has 0 spiro atoms. The van der Waals surface area contributed by atoms with Gasteiger partial charge in [0.05, 0.1) is 19.3 Å². The number of carboxylic acids is 1. The van der Waals surface area contributed by atoms with Crippen molar-refractivity contribution in [3.05, 3.63) is 42.1 Å². The zero-order chi connectivity index (χ0) is 18.7. The molecule has 3 aromatic rings. The van der Waals surface area contributed by atoms with E-state index in [2.05, 4.69) is 15.4 Å². The Kier molecular flexibility index (Phi) is 4.70. The van der Waals surface area contributed by atoms with E-state index >= 15 is 0 Å². The fourth-order valence-corrected chi connectivity index (χ4v) is 2.50. The Morgan fingerprint density at radius 2 is 2.04 bits per heavy atom. The summed E-state index contributed by atoms with van der Waals surface area (Å²) in [4.78, 5) is 27.3. The Bertz CT molecular complexity index is 982. The highest BCUT2D eigenvalue weighted by molar-refractivity contribution is 5.98. The number of carbonyl (C=O) groups is 2. The van der Waals surface area contributed by atoms with Crippen LogP contribution in [-0.4, -0.2) is 45.5 Å². The second kappa shape index (κ2) is 7.09. The van der Waals surface area contributed by atoms with Gasteiger partial charge in [0, 0.05) is 17.3 Å². The maximum atomic E-state index is 11.7. The number of rotatable bonds is 5. The summed E-state index contributed by atoms with van der Waals surface area (Å²) in [5.41, 5.74) is 1.32. The average molecular weight is 356 g/mol. The molecule has 0 saturated heterocycles. The standard InChI is InChI=1S/C17H16N4O5/c1-3-26-17(24)19-16-18-14-8-11(15(22)23)12(9-21(14)20-16)10-6-4-5-7-13(10)25-2/h4-9H,3H2,1-2H3,(H,22,23)(H,19,20,24). The minimum Gasteiger partial charge on any atom is -0.496 e. The first-order chi connectivity index (χ1) is 12.5. The van der Waals surface area contributed by atoms with E-state index < -0.39 is 12.1 Å². The molecule has 0 aliphatic rings. The highest BCUT2D eigenvalue weighted by Crippen LogP contribution is 2.32. The van der Waals surface area contributed by atoms with Gasteiger partial charge in [-0.25, -0.2) is 14.1 Å². The maximum Gasteiger partial charge on any atom is 0.414 e. The summed E-state index contributed by atoms with van der Waals surface area (Å²) in [6, 6.07) is 8.44. The van der Waals surface area contributed by atoms with Gasteiger partial charge in [-0.05, 0) is 19.1 Å². The molecule has 2 heterocycles. The molecule has 2 N–H and O–H groups in total. The number of ether oxygens (including phenoxy) is 2. The SMILES string of the molecule is CCOC(=O)Nc1nc2cc(C(=O)O)c(-c3ccccc3OC)cn2n1. The number of methoxy groups -OCH3 is 1. The number of fused-ring (bicyclic) bond motifs is 1. The predicted molar refractivity (Wildman–Crippen MR) is 92.6 cm³/mol. The first-order valence-electron chi connectivity index (χ1n) is 7.74. The smallest absolute Gasteiger partial charge is 0.414 e. The summed E-state index contributed by atoms with van der Waals surface area (Å²) < 4.78 is 11.5. The molecule has 1 amide bonds. The summed E-state index contributed by atoms with van der Waals surface area (Å²) >= 11 is 0. The highest BCUT2D eigenvalue weighted by Gasteiger charge is 2.18. The number of para-hydroxylation sites is 1. The van der Waals surface area contributed by atoms with Gasteiger partial charge < -0.3 is 14.6 Å². The van der Waals surface area contributed by atoms with Crippen molar-refractivity contribution < 1.29 is 24.2 Å². The second-order valence-corrected chi connectivity index (χ2v) is 5.19. The monoisotopic (exact) mass is 356 g/mol. The molecule has 0 saturated carbocycles. The molecule has 9 nitrogen and oxygen atoms in total. The van der Waals surface area contributed by atoms with E-state index in [4.69, 9.17) is 9.47 Å². The number of hydrogen-bond donors (Lipinski definition) is 2. The van der Waals surface area contributed by atoms with Crippen molar-refractivity contribution in [2.45, 2.75) is 6.92 Å². The third-order valence-corrected chi connectivity index (χ3v) is 3.59. The van der Waals surface area contributed by atoms with Crippen LogP contribution >= 0.6 is 0 Å². The number of nitrogens with zero attached hydrogens (tertiary/aromatic N) is 3. The van der Waals surface area contributed by atoms with E-state index in [1.54, 1.807) is 31.2 Å². The topological polar surface area (TPSA) is 115 Å². The number of aromatic carboxylic acids is 1. The molecule has 0 fully saturated rings. The van der Waals surface area contributed by atoms with Crippen LogP contribution in [0.3, 0.4) is 0 Å². The minimum atomic E-state index is -1.11. The zero-order valence-electron chi connectivity index (χ0n) is 14.1. The predicted octanol–water partition coefficient (Wildman–Crippen LogP) is 2.67. The van der Waals surface area contributed by atoms with Crippen molar-refractivity contribution >= 4 is 23.7 Å². The molecule has 2 aromatic heterocycles.